The van der Waals surface area contributed by atoms with Gasteiger partial charge < -0.3 is 34.8 Å². The van der Waals surface area contributed by atoms with Gasteiger partial charge in [0.05, 0.1) is 26.3 Å². The van der Waals surface area contributed by atoms with E-state index in [1.165, 1.54) is 28.8 Å². The van der Waals surface area contributed by atoms with Crippen molar-refractivity contribution in [3.8, 4) is 0 Å². The lowest BCUT2D eigenvalue weighted by Gasteiger charge is -2.28. The van der Waals surface area contributed by atoms with Crippen molar-refractivity contribution in [1.82, 2.24) is 25.3 Å². The summed E-state index contributed by atoms with van der Waals surface area (Å²) in [5, 5.41) is 4.93. The predicted octanol–water partition coefficient (Wildman–Crippen LogP) is -0.262. The second-order valence-corrected chi connectivity index (χ2v) is 9.50. The number of ether oxygens (including phenoxy) is 2. The standard InChI is InChI=1S/C23H39N5O7/c1-16-8-9-17(28(7)19(30)13-25-22(33)35-23(2,3)4)21(32)24-12-18(29)27(6)14-20(31)26(5)10-11-34-15-16/h8,17H,9-15H2,1-7H3,(H,24,32)(H,25,33)/b16-8+. The SMILES string of the molecule is C/C1=C\CC(N(C)C(=O)CNC(=O)OC(C)(C)C)C(=O)NCC(=O)N(C)CC(=O)N(C)CCOC1. The van der Waals surface area contributed by atoms with Gasteiger partial charge in [0.25, 0.3) is 0 Å². The number of nitrogens with one attached hydrogen (secondary N) is 2. The number of carbonyl (C=O) groups is 5. The average molecular weight is 498 g/mol. The fourth-order valence-corrected chi connectivity index (χ4v) is 2.96. The Hall–Kier alpha value is -3.15. The van der Waals surface area contributed by atoms with E-state index in [1.54, 1.807) is 33.9 Å². The molecule has 1 aliphatic rings. The van der Waals surface area contributed by atoms with Crippen molar-refractivity contribution in [2.75, 3.05) is 60.5 Å². The quantitative estimate of drug-likeness (QED) is 0.512. The Morgan fingerprint density at radius 3 is 2.49 bits per heavy atom. The molecule has 1 heterocycles. The summed E-state index contributed by atoms with van der Waals surface area (Å²) in [5.74, 6) is -1.75. The number of alkyl carbamates (subject to hydrolysis) is 1. The van der Waals surface area contributed by atoms with Crippen LogP contribution >= 0.6 is 0 Å². The zero-order valence-corrected chi connectivity index (χ0v) is 21.8. The van der Waals surface area contributed by atoms with Crippen molar-refractivity contribution in [2.45, 2.75) is 45.8 Å². The number of carbonyl (C=O) groups excluding carboxylic acids is 5. The Morgan fingerprint density at radius 1 is 1.20 bits per heavy atom. The molecular formula is C23H39N5O7. The molecule has 12 heteroatoms. The van der Waals surface area contributed by atoms with E-state index in [2.05, 4.69) is 10.6 Å². The van der Waals surface area contributed by atoms with Crippen LogP contribution in [0.3, 0.4) is 0 Å². The molecule has 1 unspecified atom stereocenters. The molecule has 0 aromatic carbocycles. The lowest BCUT2D eigenvalue weighted by molar-refractivity contribution is -0.141. The van der Waals surface area contributed by atoms with Gasteiger partial charge in [-0.25, -0.2) is 4.79 Å². The van der Waals surface area contributed by atoms with Gasteiger partial charge in [-0.05, 0) is 34.1 Å². The van der Waals surface area contributed by atoms with E-state index < -0.39 is 35.5 Å². The Labute approximate surface area is 206 Å². The smallest absolute Gasteiger partial charge is 0.408 e. The van der Waals surface area contributed by atoms with E-state index in [1.807, 2.05) is 6.92 Å². The van der Waals surface area contributed by atoms with Crippen LogP contribution in [0, 0.1) is 0 Å². The molecule has 198 valence electrons. The van der Waals surface area contributed by atoms with E-state index in [0.717, 1.165) is 5.57 Å². The first-order chi connectivity index (χ1) is 16.2. The summed E-state index contributed by atoms with van der Waals surface area (Å²) in [6.07, 6.45) is 1.21. The molecule has 0 radical (unpaired) electrons. The summed E-state index contributed by atoms with van der Waals surface area (Å²) in [7, 11) is 4.55. The first kappa shape index (κ1) is 29.9. The molecule has 0 aromatic rings. The summed E-state index contributed by atoms with van der Waals surface area (Å²) in [6, 6.07) is -0.934. The molecule has 12 nitrogen and oxygen atoms in total. The molecule has 0 bridgehead atoms. The van der Waals surface area contributed by atoms with Crippen LogP contribution in [0.4, 0.5) is 4.79 Å². The van der Waals surface area contributed by atoms with Gasteiger partial charge in [-0.1, -0.05) is 11.6 Å². The maximum atomic E-state index is 12.9. The largest absolute Gasteiger partial charge is 0.444 e. The number of amides is 5. The molecule has 5 amide bonds. The molecule has 0 saturated carbocycles. The van der Waals surface area contributed by atoms with Gasteiger partial charge in [0, 0.05) is 27.7 Å². The highest BCUT2D eigenvalue weighted by Crippen LogP contribution is 2.09. The van der Waals surface area contributed by atoms with E-state index in [-0.39, 0.29) is 32.0 Å². The Morgan fingerprint density at radius 2 is 1.86 bits per heavy atom. The van der Waals surface area contributed by atoms with Crippen molar-refractivity contribution in [2.24, 2.45) is 0 Å². The highest BCUT2D eigenvalue weighted by molar-refractivity contribution is 5.92. The number of likely N-dealkylation sites (N-methyl/N-ethyl adjacent to an activating group) is 3. The van der Waals surface area contributed by atoms with E-state index in [0.29, 0.717) is 19.8 Å². The molecule has 1 aliphatic heterocycles. The first-order valence-electron chi connectivity index (χ1n) is 11.4. The average Bonchev–Trinajstić information content (AvgIpc) is 2.76. The third-order valence-corrected chi connectivity index (χ3v) is 5.17. The van der Waals surface area contributed by atoms with Gasteiger partial charge in [-0.2, -0.15) is 0 Å². The minimum Gasteiger partial charge on any atom is -0.444 e. The van der Waals surface area contributed by atoms with Crippen molar-refractivity contribution in [1.29, 1.82) is 0 Å². The van der Waals surface area contributed by atoms with Gasteiger partial charge in [-0.15, -0.1) is 0 Å². The highest BCUT2D eigenvalue weighted by atomic mass is 16.6. The van der Waals surface area contributed by atoms with Crippen LogP contribution < -0.4 is 10.6 Å². The molecule has 0 fully saturated rings. The zero-order valence-electron chi connectivity index (χ0n) is 21.8. The van der Waals surface area contributed by atoms with Crippen molar-refractivity contribution < 1.29 is 33.4 Å². The third-order valence-electron chi connectivity index (χ3n) is 5.17. The Kier molecular flexibility index (Phi) is 11.7. The molecule has 1 atom stereocenters. The van der Waals surface area contributed by atoms with Crippen molar-refractivity contribution >= 4 is 29.7 Å². The summed E-state index contributed by atoms with van der Waals surface area (Å²) in [5.41, 5.74) is 0.124. The number of hydrogen-bond acceptors (Lipinski definition) is 7. The van der Waals surface area contributed by atoms with Crippen LogP contribution in [0.5, 0.6) is 0 Å². The van der Waals surface area contributed by atoms with Gasteiger partial charge in [0.2, 0.25) is 23.6 Å². The van der Waals surface area contributed by atoms with Gasteiger partial charge in [0.15, 0.2) is 0 Å². The monoisotopic (exact) mass is 497 g/mol. The van der Waals surface area contributed by atoms with Crippen LogP contribution in [0.15, 0.2) is 11.6 Å². The fraction of sp³-hybridized carbons (Fsp3) is 0.696. The van der Waals surface area contributed by atoms with Crippen LogP contribution in [0.2, 0.25) is 0 Å². The van der Waals surface area contributed by atoms with E-state index >= 15 is 0 Å². The molecule has 2 N–H and O–H groups in total. The Bertz CT molecular complexity index is 822. The normalized spacial score (nSPS) is 21.1. The highest BCUT2D eigenvalue weighted by Gasteiger charge is 2.28. The molecular weight excluding hydrogens is 458 g/mol. The van der Waals surface area contributed by atoms with Crippen LogP contribution in [-0.2, 0) is 28.7 Å². The second-order valence-electron chi connectivity index (χ2n) is 9.50. The summed E-state index contributed by atoms with van der Waals surface area (Å²) < 4.78 is 10.7. The predicted molar refractivity (Wildman–Crippen MR) is 128 cm³/mol. The van der Waals surface area contributed by atoms with Crippen LogP contribution in [-0.4, -0.2) is 117 Å². The lowest BCUT2D eigenvalue weighted by atomic mass is 10.1. The number of hydrogen-bond donors (Lipinski definition) is 2. The maximum absolute atomic E-state index is 12.9. The van der Waals surface area contributed by atoms with Crippen molar-refractivity contribution in [3.63, 3.8) is 0 Å². The summed E-state index contributed by atoms with van der Waals surface area (Å²) in [6.45, 7) is 7.09. The molecule has 0 aromatic heterocycles. The molecule has 0 aliphatic carbocycles. The van der Waals surface area contributed by atoms with Crippen LogP contribution in [0.25, 0.3) is 0 Å². The first-order valence-corrected chi connectivity index (χ1v) is 11.4. The maximum Gasteiger partial charge on any atom is 0.408 e. The third kappa shape index (κ3) is 11.2. The topological polar surface area (TPSA) is 138 Å². The van der Waals surface area contributed by atoms with Gasteiger partial charge >= 0.3 is 6.09 Å². The molecule has 0 spiro atoms. The van der Waals surface area contributed by atoms with Gasteiger partial charge in [-0.3, -0.25) is 19.2 Å². The summed E-state index contributed by atoms with van der Waals surface area (Å²) in [4.78, 5) is 66.1. The minimum absolute atomic E-state index is 0.137. The van der Waals surface area contributed by atoms with Crippen molar-refractivity contribution in [3.05, 3.63) is 11.6 Å². The number of rotatable bonds is 3. The molecule has 1 rings (SSSR count). The summed E-state index contributed by atoms with van der Waals surface area (Å²) >= 11 is 0. The minimum atomic E-state index is -0.934. The van der Waals surface area contributed by atoms with Crippen LogP contribution in [0.1, 0.15) is 34.1 Å². The van der Waals surface area contributed by atoms with Gasteiger partial charge in [0.1, 0.15) is 18.2 Å². The fourth-order valence-electron chi connectivity index (χ4n) is 2.96. The van der Waals surface area contributed by atoms with E-state index in [9.17, 15) is 24.0 Å². The lowest BCUT2D eigenvalue weighted by Crippen LogP contribution is -2.52. The van der Waals surface area contributed by atoms with E-state index in [4.69, 9.17) is 9.47 Å². The number of nitrogens with zero attached hydrogens (tertiary/aromatic N) is 3. The zero-order chi connectivity index (χ0) is 26.8. The molecule has 0 saturated heterocycles. The Balaban J connectivity index is 2.95. The second kappa shape index (κ2) is 13.7. The molecule has 35 heavy (non-hydrogen) atoms.